The maximum Gasteiger partial charge on any atom is 0.269 e. The molecule has 5 nitrogen and oxygen atoms in total. The molecule has 2 N–H and O–H groups in total. The van der Waals surface area contributed by atoms with Crippen molar-refractivity contribution in [3.8, 4) is 0 Å². The Morgan fingerprint density at radius 2 is 2.39 bits per heavy atom. The van der Waals surface area contributed by atoms with E-state index in [9.17, 15) is 9.90 Å². The third-order valence-electron chi connectivity index (χ3n) is 2.88. The van der Waals surface area contributed by atoms with Gasteiger partial charge in [-0.25, -0.2) is 4.98 Å². The predicted octanol–water partition coefficient (Wildman–Crippen LogP) is 1.23. The van der Waals surface area contributed by atoms with E-state index in [1.54, 1.807) is 16.8 Å². The third kappa shape index (κ3) is 2.68. The first-order valence-corrected chi connectivity index (χ1v) is 6.10. The van der Waals surface area contributed by atoms with E-state index in [1.807, 2.05) is 25.1 Å². The number of nitrogens with one attached hydrogen (secondary N) is 1. The van der Waals surface area contributed by atoms with Gasteiger partial charge in [0.2, 0.25) is 0 Å². The molecule has 1 atom stereocenters. The van der Waals surface area contributed by atoms with Crippen LogP contribution in [0.2, 0.25) is 0 Å². The normalized spacial score (nSPS) is 12.6. The molecule has 0 aliphatic rings. The first-order chi connectivity index (χ1) is 8.72. The molecule has 5 heteroatoms. The molecule has 0 radical (unpaired) electrons. The maximum atomic E-state index is 11.9. The molecule has 0 aromatic carbocycles. The summed E-state index contributed by atoms with van der Waals surface area (Å²) in [5.74, 6) is -0.169. The average molecular weight is 247 g/mol. The number of nitrogens with zero attached hydrogens (tertiary/aromatic N) is 2. The molecule has 96 valence electrons. The molecular weight excluding hydrogens is 230 g/mol. The van der Waals surface area contributed by atoms with Gasteiger partial charge in [0, 0.05) is 12.7 Å². The second-order valence-electron chi connectivity index (χ2n) is 4.18. The van der Waals surface area contributed by atoms with Crippen molar-refractivity contribution in [1.29, 1.82) is 0 Å². The zero-order valence-electron chi connectivity index (χ0n) is 10.3. The second-order valence-corrected chi connectivity index (χ2v) is 4.18. The van der Waals surface area contributed by atoms with Gasteiger partial charge in [-0.05, 0) is 25.0 Å². The van der Waals surface area contributed by atoms with Gasteiger partial charge < -0.3 is 10.4 Å². The number of hydrogen-bond acceptors (Lipinski definition) is 3. The zero-order valence-corrected chi connectivity index (χ0v) is 10.3. The van der Waals surface area contributed by atoms with E-state index in [4.69, 9.17) is 0 Å². The lowest BCUT2D eigenvalue weighted by Crippen LogP contribution is -2.27. The van der Waals surface area contributed by atoms with E-state index in [2.05, 4.69) is 10.3 Å². The van der Waals surface area contributed by atoms with Crippen LogP contribution in [0.1, 0.15) is 30.3 Å². The van der Waals surface area contributed by atoms with Gasteiger partial charge in [0.05, 0.1) is 12.3 Å². The number of aliphatic hydroxyl groups excluding tert-OH is 1. The fraction of sp³-hybridized carbons (Fsp3) is 0.385. The van der Waals surface area contributed by atoms with E-state index >= 15 is 0 Å². The quantitative estimate of drug-likeness (QED) is 0.835. The number of amides is 1. The molecule has 0 bridgehead atoms. The summed E-state index contributed by atoms with van der Waals surface area (Å²) >= 11 is 0. The lowest BCUT2D eigenvalue weighted by atomic mass is 10.2. The highest BCUT2D eigenvalue weighted by molar-refractivity contribution is 5.93. The van der Waals surface area contributed by atoms with Gasteiger partial charge in [-0.3, -0.25) is 9.20 Å². The number of carbonyl (C=O) groups excluding carboxylic acids is 1. The van der Waals surface area contributed by atoms with Crippen molar-refractivity contribution in [1.82, 2.24) is 14.7 Å². The average Bonchev–Trinajstić information content (AvgIpc) is 2.82. The minimum absolute atomic E-state index is 0.169. The molecule has 0 fully saturated rings. The highest BCUT2D eigenvalue weighted by Gasteiger charge is 2.11. The van der Waals surface area contributed by atoms with Gasteiger partial charge >= 0.3 is 0 Å². The molecule has 0 aliphatic carbocycles. The summed E-state index contributed by atoms with van der Waals surface area (Å²) in [6.07, 6.45) is 4.27. The number of hydrogen-bond donors (Lipinski definition) is 2. The Labute approximate surface area is 105 Å². The summed E-state index contributed by atoms with van der Waals surface area (Å²) in [6.45, 7) is 2.38. The number of aliphatic hydroxyl groups is 1. The number of fused-ring (bicyclic) bond motifs is 1. The van der Waals surface area contributed by atoms with Crippen LogP contribution in [0.15, 0.2) is 30.6 Å². The van der Waals surface area contributed by atoms with Crippen LogP contribution in [0.25, 0.3) is 5.65 Å². The minimum Gasteiger partial charge on any atom is -0.393 e. The Bertz CT molecular complexity index is 536. The van der Waals surface area contributed by atoms with Crippen molar-refractivity contribution in [2.45, 2.75) is 25.9 Å². The largest absolute Gasteiger partial charge is 0.393 e. The summed E-state index contributed by atoms with van der Waals surface area (Å²) in [4.78, 5) is 16.1. The molecule has 0 saturated carbocycles. The summed E-state index contributed by atoms with van der Waals surface area (Å²) in [5.41, 5.74) is 1.26. The number of rotatable bonds is 5. The molecule has 2 rings (SSSR count). The van der Waals surface area contributed by atoms with Gasteiger partial charge in [0.15, 0.2) is 0 Å². The van der Waals surface area contributed by atoms with Crippen molar-refractivity contribution in [3.05, 3.63) is 36.3 Å². The fourth-order valence-electron chi connectivity index (χ4n) is 1.75. The van der Waals surface area contributed by atoms with Crippen LogP contribution in [0.5, 0.6) is 0 Å². The topological polar surface area (TPSA) is 66.6 Å². The highest BCUT2D eigenvalue weighted by Crippen LogP contribution is 2.05. The van der Waals surface area contributed by atoms with Crippen LogP contribution in [0, 0.1) is 0 Å². The van der Waals surface area contributed by atoms with E-state index in [0.29, 0.717) is 25.1 Å². The summed E-state index contributed by atoms with van der Waals surface area (Å²) < 4.78 is 1.74. The third-order valence-corrected chi connectivity index (χ3v) is 2.88. The van der Waals surface area contributed by atoms with Crippen molar-refractivity contribution in [3.63, 3.8) is 0 Å². The van der Waals surface area contributed by atoms with Crippen molar-refractivity contribution >= 4 is 11.6 Å². The smallest absolute Gasteiger partial charge is 0.269 e. The lowest BCUT2D eigenvalue weighted by Gasteiger charge is -2.08. The molecule has 2 heterocycles. The van der Waals surface area contributed by atoms with Crippen LogP contribution in [0.4, 0.5) is 0 Å². The number of imidazole rings is 1. The lowest BCUT2D eigenvalue weighted by molar-refractivity contribution is 0.0936. The molecule has 2 aromatic rings. The molecule has 0 saturated heterocycles. The van der Waals surface area contributed by atoms with E-state index in [1.165, 1.54) is 0 Å². The Balaban J connectivity index is 2.01. The molecule has 0 spiro atoms. The molecule has 18 heavy (non-hydrogen) atoms. The van der Waals surface area contributed by atoms with Gasteiger partial charge in [-0.2, -0.15) is 0 Å². The Hall–Kier alpha value is -1.88. The monoisotopic (exact) mass is 247 g/mol. The SMILES string of the molecule is CCC(O)CCNC(=O)c1cnc2ccccn12. The Morgan fingerprint density at radius 1 is 1.56 bits per heavy atom. The minimum atomic E-state index is -0.354. The van der Waals surface area contributed by atoms with Gasteiger partial charge in [-0.1, -0.05) is 13.0 Å². The van der Waals surface area contributed by atoms with Gasteiger partial charge in [0.1, 0.15) is 11.3 Å². The van der Waals surface area contributed by atoms with Crippen LogP contribution < -0.4 is 5.32 Å². The van der Waals surface area contributed by atoms with E-state index in [0.717, 1.165) is 5.65 Å². The molecule has 0 aliphatic heterocycles. The van der Waals surface area contributed by atoms with E-state index in [-0.39, 0.29) is 12.0 Å². The number of pyridine rings is 1. The summed E-state index contributed by atoms with van der Waals surface area (Å²) in [5, 5.41) is 12.2. The van der Waals surface area contributed by atoms with Crippen LogP contribution in [-0.4, -0.2) is 33.0 Å². The number of aromatic nitrogens is 2. The summed E-state index contributed by atoms with van der Waals surface area (Å²) in [6, 6.07) is 5.57. The van der Waals surface area contributed by atoms with Gasteiger partial charge in [-0.15, -0.1) is 0 Å². The summed E-state index contributed by atoms with van der Waals surface area (Å²) in [7, 11) is 0. The number of carbonyl (C=O) groups is 1. The van der Waals surface area contributed by atoms with Crippen molar-refractivity contribution in [2.24, 2.45) is 0 Å². The fourth-order valence-corrected chi connectivity index (χ4v) is 1.75. The predicted molar refractivity (Wildman–Crippen MR) is 68.4 cm³/mol. The standard InChI is InChI=1S/C13H17N3O2/c1-2-10(17)6-7-14-13(18)11-9-15-12-5-3-4-8-16(11)12/h3-5,8-10,17H,2,6-7H2,1H3,(H,14,18). The highest BCUT2D eigenvalue weighted by atomic mass is 16.3. The van der Waals surface area contributed by atoms with Crippen LogP contribution >= 0.6 is 0 Å². The molecule has 1 amide bonds. The van der Waals surface area contributed by atoms with Crippen molar-refractivity contribution in [2.75, 3.05) is 6.54 Å². The Morgan fingerprint density at radius 3 is 3.17 bits per heavy atom. The molecular formula is C13H17N3O2. The maximum absolute atomic E-state index is 11.9. The first-order valence-electron chi connectivity index (χ1n) is 6.10. The van der Waals surface area contributed by atoms with Crippen molar-refractivity contribution < 1.29 is 9.90 Å². The molecule has 2 aromatic heterocycles. The second kappa shape index (κ2) is 5.64. The van der Waals surface area contributed by atoms with Gasteiger partial charge in [0.25, 0.3) is 5.91 Å². The van der Waals surface area contributed by atoms with Crippen LogP contribution in [0.3, 0.4) is 0 Å². The van der Waals surface area contributed by atoms with Crippen LogP contribution in [-0.2, 0) is 0 Å². The Kier molecular flexibility index (Phi) is 3.94. The first kappa shape index (κ1) is 12.6. The van der Waals surface area contributed by atoms with E-state index < -0.39 is 0 Å². The molecule has 1 unspecified atom stereocenters. The zero-order chi connectivity index (χ0) is 13.0.